The number of aryl methyl sites for hydroxylation is 2. The molecule has 3 aromatic carbocycles. The van der Waals surface area contributed by atoms with E-state index in [1.807, 2.05) is 56.3 Å². The standard InChI is InChI=1S/C27H21F3N6O2S/c1-17-4-3-5-18(2)24(17)33-26-36(23(37)15-39-26)32-14-19-6-8-20(9-7-19)25-31-16-35(34-25)21-10-12-22(13-11-21)38-27(28,29)30/h3-14,16H,15H2,1-2H3/b32-14+,33-26?. The number of hydrogen-bond acceptors (Lipinski definition) is 7. The first kappa shape index (κ1) is 26.2. The summed E-state index contributed by atoms with van der Waals surface area (Å²) >= 11 is 1.35. The number of alkyl halides is 3. The first-order valence-electron chi connectivity index (χ1n) is 11.7. The molecule has 5 rings (SSSR count). The molecule has 0 radical (unpaired) electrons. The molecule has 39 heavy (non-hydrogen) atoms. The molecule has 0 N–H and O–H groups in total. The first-order valence-corrected chi connectivity index (χ1v) is 12.7. The van der Waals surface area contributed by atoms with Crippen LogP contribution in [0.25, 0.3) is 17.1 Å². The molecule has 12 heteroatoms. The van der Waals surface area contributed by atoms with Gasteiger partial charge in [-0.1, -0.05) is 54.2 Å². The fourth-order valence-corrected chi connectivity index (χ4v) is 4.59. The van der Waals surface area contributed by atoms with E-state index in [1.54, 1.807) is 6.21 Å². The number of thioether (sulfide) groups is 1. The van der Waals surface area contributed by atoms with Gasteiger partial charge in [0.25, 0.3) is 5.91 Å². The van der Waals surface area contributed by atoms with Gasteiger partial charge in [0.15, 0.2) is 11.0 Å². The van der Waals surface area contributed by atoms with Gasteiger partial charge in [0.05, 0.1) is 23.3 Å². The number of nitrogens with zero attached hydrogens (tertiary/aromatic N) is 6. The SMILES string of the molecule is Cc1cccc(C)c1N=C1SCC(=O)N1/N=C/c1ccc(-c2ncn(-c3ccc(OC(F)(F)F)cc3)n2)cc1. The van der Waals surface area contributed by atoms with Gasteiger partial charge in [-0.2, -0.15) is 10.1 Å². The Morgan fingerprint density at radius 3 is 2.36 bits per heavy atom. The number of carbonyl (C=O) groups is 1. The Kier molecular flexibility index (Phi) is 7.20. The van der Waals surface area contributed by atoms with Crippen LogP contribution in [0.4, 0.5) is 18.9 Å². The molecule has 0 unspecified atom stereocenters. The molecule has 0 aliphatic carbocycles. The third-order valence-corrected chi connectivity index (χ3v) is 6.62. The van der Waals surface area contributed by atoms with Crippen LogP contribution in [-0.2, 0) is 4.79 Å². The smallest absolute Gasteiger partial charge is 0.406 e. The monoisotopic (exact) mass is 550 g/mol. The summed E-state index contributed by atoms with van der Waals surface area (Å²) in [6.07, 6.45) is -1.69. The maximum absolute atomic E-state index is 12.4. The Labute approximate surface area is 225 Å². The van der Waals surface area contributed by atoms with Crippen molar-refractivity contribution in [2.45, 2.75) is 20.2 Å². The van der Waals surface area contributed by atoms with Gasteiger partial charge in [-0.05, 0) is 54.8 Å². The largest absolute Gasteiger partial charge is 0.573 e. The average molecular weight is 551 g/mol. The number of rotatable bonds is 6. The van der Waals surface area contributed by atoms with E-state index < -0.39 is 6.36 Å². The molecule has 2 heterocycles. The van der Waals surface area contributed by atoms with E-state index in [0.29, 0.717) is 16.7 Å². The lowest BCUT2D eigenvalue weighted by Crippen LogP contribution is -2.23. The van der Waals surface area contributed by atoms with Gasteiger partial charge in [-0.3, -0.25) is 4.79 Å². The van der Waals surface area contributed by atoms with Gasteiger partial charge in [0, 0.05) is 5.56 Å². The van der Waals surface area contributed by atoms with Gasteiger partial charge in [0.1, 0.15) is 12.1 Å². The highest BCUT2D eigenvalue weighted by molar-refractivity contribution is 8.15. The van der Waals surface area contributed by atoms with Crippen molar-refractivity contribution in [3.63, 3.8) is 0 Å². The van der Waals surface area contributed by atoms with Crippen molar-refractivity contribution in [3.8, 4) is 22.8 Å². The van der Waals surface area contributed by atoms with Crippen LogP contribution in [0.15, 0.2) is 83.2 Å². The van der Waals surface area contributed by atoms with Crippen molar-refractivity contribution in [1.82, 2.24) is 19.8 Å². The third kappa shape index (κ3) is 6.17. The number of amidine groups is 1. The van der Waals surface area contributed by atoms with Crippen molar-refractivity contribution >= 4 is 34.7 Å². The van der Waals surface area contributed by atoms with Crippen molar-refractivity contribution in [2.75, 3.05) is 5.75 Å². The highest BCUT2D eigenvalue weighted by Crippen LogP contribution is 2.29. The summed E-state index contributed by atoms with van der Waals surface area (Å²) in [5.74, 6) is 0.238. The zero-order chi connectivity index (χ0) is 27.6. The lowest BCUT2D eigenvalue weighted by Gasteiger charge is -2.11. The summed E-state index contributed by atoms with van der Waals surface area (Å²) in [5, 5.41) is 10.6. The maximum Gasteiger partial charge on any atom is 0.573 e. The van der Waals surface area contributed by atoms with Crippen LogP contribution in [0.5, 0.6) is 5.75 Å². The summed E-state index contributed by atoms with van der Waals surface area (Å²) in [6.45, 7) is 3.95. The second-order valence-electron chi connectivity index (χ2n) is 8.55. The first-order chi connectivity index (χ1) is 18.7. The van der Waals surface area contributed by atoms with Crippen LogP contribution < -0.4 is 4.74 Å². The molecule has 1 saturated heterocycles. The highest BCUT2D eigenvalue weighted by atomic mass is 32.2. The number of aromatic nitrogens is 3. The van der Waals surface area contributed by atoms with E-state index >= 15 is 0 Å². The average Bonchev–Trinajstić information content (AvgIpc) is 3.52. The van der Waals surface area contributed by atoms with Crippen LogP contribution in [-0.4, -0.2) is 49.2 Å². The summed E-state index contributed by atoms with van der Waals surface area (Å²) in [5.41, 5.74) is 4.88. The molecular weight excluding hydrogens is 529 g/mol. The molecule has 1 aromatic heterocycles. The molecule has 198 valence electrons. The molecule has 1 aliphatic heterocycles. The summed E-state index contributed by atoms with van der Waals surface area (Å²) in [4.78, 5) is 21.4. The maximum atomic E-state index is 12.4. The second-order valence-corrected chi connectivity index (χ2v) is 9.49. The van der Waals surface area contributed by atoms with Crippen molar-refractivity contribution in [2.24, 2.45) is 10.1 Å². The number of hydrazone groups is 1. The lowest BCUT2D eigenvalue weighted by molar-refractivity contribution is -0.274. The third-order valence-electron chi connectivity index (χ3n) is 5.71. The van der Waals surface area contributed by atoms with Crippen LogP contribution in [0.1, 0.15) is 16.7 Å². The predicted molar refractivity (Wildman–Crippen MR) is 143 cm³/mol. The Balaban J connectivity index is 1.29. The van der Waals surface area contributed by atoms with Crippen LogP contribution >= 0.6 is 11.8 Å². The Morgan fingerprint density at radius 2 is 1.69 bits per heavy atom. The van der Waals surface area contributed by atoms with Gasteiger partial charge in [-0.25, -0.2) is 14.7 Å². The Hall–Kier alpha value is -4.45. The molecule has 1 fully saturated rings. The molecule has 0 bridgehead atoms. The number of halogens is 3. The van der Waals surface area contributed by atoms with Crippen LogP contribution in [0.2, 0.25) is 0 Å². The normalized spacial score (nSPS) is 15.1. The van der Waals surface area contributed by atoms with E-state index in [0.717, 1.165) is 27.9 Å². The minimum Gasteiger partial charge on any atom is -0.406 e. The minimum atomic E-state index is -4.75. The number of amides is 1. The number of carbonyl (C=O) groups excluding carboxylic acids is 1. The molecular formula is C27H21F3N6O2S. The molecule has 1 amide bonds. The van der Waals surface area contributed by atoms with Gasteiger partial charge < -0.3 is 4.74 Å². The number of aliphatic imine (C=N–C) groups is 1. The number of benzene rings is 3. The second kappa shape index (κ2) is 10.7. The molecule has 1 aliphatic rings. The topological polar surface area (TPSA) is 85.0 Å². The van der Waals surface area contributed by atoms with Gasteiger partial charge >= 0.3 is 6.36 Å². The van der Waals surface area contributed by atoms with Gasteiger partial charge in [0.2, 0.25) is 0 Å². The van der Waals surface area contributed by atoms with Crippen LogP contribution in [0.3, 0.4) is 0 Å². The molecule has 8 nitrogen and oxygen atoms in total. The van der Waals surface area contributed by atoms with Crippen LogP contribution in [0, 0.1) is 13.8 Å². The zero-order valence-corrected chi connectivity index (χ0v) is 21.6. The molecule has 4 aromatic rings. The molecule has 0 saturated carbocycles. The van der Waals surface area contributed by atoms with Crippen molar-refractivity contribution in [1.29, 1.82) is 0 Å². The van der Waals surface area contributed by atoms with E-state index in [9.17, 15) is 18.0 Å². The quantitative estimate of drug-likeness (QED) is 0.273. The van der Waals surface area contributed by atoms with E-state index in [2.05, 4.69) is 19.9 Å². The van der Waals surface area contributed by atoms with E-state index in [-0.39, 0.29) is 17.4 Å². The van der Waals surface area contributed by atoms with Gasteiger partial charge in [-0.15, -0.1) is 18.3 Å². The zero-order valence-electron chi connectivity index (χ0n) is 20.8. The lowest BCUT2D eigenvalue weighted by atomic mass is 10.1. The number of para-hydroxylation sites is 1. The molecule has 0 atom stereocenters. The number of ether oxygens (including phenoxy) is 1. The van der Waals surface area contributed by atoms with E-state index in [1.165, 1.54) is 52.0 Å². The summed E-state index contributed by atoms with van der Waals surface area (Å²) in [7, 11) is 0. The molecule has 0 spiro atoms. The summed E-state index contributed by atoms with van der Waals surface area (Å²) in [6, 6.07) is 18.5. The fraction of sp³-hybridized carbons (Fsp3) is 0.148. The predicted octanol–water partition coefficient (Wildman–Crippen LogP) is 6.05. The summed E-state index contributed by atoms with van der Waals surface area (Å²) < 4.78 is 42.5. The number of hydrogen-bond donors (Lipinski definition) is 0. The Morgan fingerprint density at radius 1 is 1.00 bits per heavy atom. The van der Waals surface area contributed by atoms with E-state index in [4.69, 9.17) is 4.99 Å². The van der Waals surface area contributed by atoms with Crippen molar-refractivity contribution < 1.29 is 22.7 Å². The Bertz CT molecular complexity index is 1540. The highest BCUT2D eigenvalue weighted by Gasteiger charge is 2.31. The fourth-order valence-electron chi connectivity index (χ4n) is 3.79. The minimum absolute atomic E-state index is 0.148. The van der Waals surface area contributed by atoms with Crippen molar-refractivity contribution in [3.05, 3.63) is 89.7 Å².